The first kappa shape index (κ1) is 16.0. The van der Waals surface area contributed by atoms with Gasteiger partial charge in [0.05, 0.1) is 6.54 Å². The second-order valence-corrected chi connectivity index (χ2v) is 4.65. The van der Waals surface area contributed by atoms with Crippen LogP contribution in [0.3, 0.4) is 0 Å². The molecule has 0 saturated carbocycles. The highest BCUT2D eigenvalue weighted by Crippen LogP contribution is 1.90. The maximum absolute atomic E-state index is 12.2. The van der Waals surface area contributed by atoms with Gasteiger partial charge in [0.15, 0.2) is 0 Å². The molecular weight excluding hydrogens is 258 g/mol. The van der Waals surface area contributed by atoms with E-state index < -0.39 is 17.1 Å². The van der Waals surface area contributed by atoms with E-state index in [9.17, 15) is 14.4 Å². The zero-order valence-electron chi connectivity index (χ0n) is 12.1. The van der Waals surface area contributed by atoms with Gasteiger partial charge in [-0.1, -0.05) is 32.6 Å². The van der Waals surface area contributed by atoms with Crippen molar-refractivity contribution in [3.8, 4) is 12.3 Å². The quantitative estimate of drug-likeness (QED) is 0.679. The molecule has 0 bridgehead atoms. The zero-order valence-corrected chi connectivity index (χ0v) is 12.1. The number of terminal acetylenes is 1. The Morgan fingerprint density at radius 3 is 1.60 bits per heavy atom. The molecule has 0 unspecified atom stereocenters. The number of aromatic nitrogens is 3. The van der Waals surface area contributed by atoms with Crippen molar-refractivity contribution in [2.24, 2.45) is 0 Å². The second kappa shape index (κ2) is 7.53. The Labute approximate surface area is 117 Å². The molecule has 0 N–H and O–H groups in total. The summed E-state index contributed by atoms with van der Waals surface area (Å²) in [4.78, 5) is 36.5. The van der Waals surface area contributed by atoms with Crippen molar-refractivity contribution in [1.82, 2.24) is 13.7 Å². The van der Waals surface area contributed by atoms with Gasteiger partial charge >= 0.3 is 17.1 Å². The number of hydrogen-bond donors (Lipinski definition) is 0. The van der Waals surface area contributed by atoms with Gasteiger partial charge in [0.2, 0.25) is 0 Å². The molecule has 0 aliphatic rings. The van der Waals surface area contributed by atoms with E-state index in [0.29, 0.717) is 25.9 Å². The highest BCUT2D eigenvalue weighted by molar-refractivity contribution is 4.88. The molecule has 0 fully saturated rings. The lowest BCUT2D eigenvalue weighted by Gasteiger charge is -2.12. The molecule has 1 aromatic heterocycles. The first-order valence-corrected chi connectivity index (χ1v) is 6.96. The standard InChI is InChI=1S/C14H21N3O3/c1-4-7-10-16-12(18)15(9-6-3)13(19)17(14(16)20)11-8-5-2/h3H,4-5,7-11H2,1-2H3. The van der Waals surface area contributed by atoms with Crippen LogP contribution < -0.4 is 17.1 Å². The van der Waals surface area contributed by atoms with Crippen LogP contribution in [0.4, 0.5) is 0 Å². The minimum atomic E-state index is -0.612. The van der Waals surface area contributed by atoms with Crippen LogP contribution in [0.2, 0.25) is 0 Å². The van der Waals surface area contributed by atoms with Gasteiger partial charge in [0.1, 0.15) is 0 Å². The molecule has 0 radical (unpaired) electrons. The van der Waals surface area contributed by atoms with Crippen LogP contribution in [0.1, 0.15) is 39.5 Å². The molecule has 0 saturated heterocycles. The first-order chi connectivity index (χ1) is 9.58. The Kier molecular flexibility index (Phi) is 6.04. The Balaban J connectivity index is 3.48. The second-order valence-electron chi connectivity index (χ2n) is 4.65. The third kappa shape index (κ3) is 3.29. The molecule has 1 rings (SSSR count). The van der Waals surface area contributed by atoms with E-state index in [1.54, 1.807) is 0 Å². The molecule has 0 atom stereocenters. The van der Waals surface area contributed by atoms with E-state index in [1.807, 2.05) is 13.8 Å². The molecule has 0 aliphatic heterocycles. The van der Waals surface area contributed by atoms with Gasteiger partial charge in [-0.25, -0.2) is 28.1 Å². The summed E-state index contributed by atoms with van der Waals surface area (Å²) in [7, 11) is 0. The van der Waals surface area contributed by atoms with E-state index in [4.69, 9.17) is 6.42 Å². The predicted molar refractivity (Wildman–Crippen MR) is 77.9 cm³/mol. The maximum Gasteiger partial charge on any atom is 0.337 e. The van der Waals surface area contributed by atoms with Crippen LogP contribution in [-0.2, 0) is 19.6 Å². The van der Waals surface area contributed by atoms with Gasteiger partial charge in [0, 0.05) is 13.1 Å². The fraction of sp³-hybridized carbons (Fsp3) is 0.643. The summed E-state index contributed by atoms with van der Waals surface area (Å²) in [6.45, 7) is 4.45. The molecule has 20 heavy (non-hydrogen) atoms. The highest BCUT2D eigenvalue weighted by atomic mass is 16.2. The molecule has 6 heteroatoms. The van der Waals surface area contributed by atoms with Gasteiger partial charge in [-0.15, -0.1) is 6.42 Å². The predicted octanol–water partition coefficient (Wildman–Crippen LogP) is 0.405. The molecule has 0 aromatic carbocycles. The van der Waals surface area contributed by atoms with Crippen LogP contribution in [0, 0.1) is 12.3 Å². The van der Waals surface area contributed by atoms with E-state index in [0.717, 1.165) is 26.5 Å². The third-order valence-corrected chi connectivity index (χ3v) is 3.11. The summed E-state index contributed by atoms with van der Waals surface area (Å²) in [6.07, 6.45) is 8.32. The lowest BCUT2D eigenvalue weighted by atomic mass is 10.3. The van der Waals surface area contributed by atoms with Crippen molar-refractivity contribution in [3.05, 3.63) is 31.5 Å². The molecule has 0 aliphatic carbocycles. The van der Waals surface area contributed by atoms with Crippen molar-refractivity contribution in [3.63, 3.8) is 0 Å². The SMILES string of the molecule is C#CCn1c(=O)n(CCCC)c(=O)n(CCCC)c1=O. The van der Waals surface area contributed by atoms with Crippen molar-refractivity contribution in [2.45, 2.75) is 59.2 Å². The molecule has 6 nitrogen and oxygen atoms in total. The normalized spacial score (nSPS) is 10.4. The van der Waals surface area contributed by atoms with Gasteiger partial charge < -0.3 is 0 Å². The molecule has 1 heterocycles. The lowest BCUT2D eigenvalue weighted by molar-refractivity contribution is 0.444. The monoisotopic (exact) mass is 279 g/mol. The largest absolute Gasteiger partial charge is 0.337 e. The lowest BCUT2D eigenvalue weighted by Crippen LogP contribution is -2.54. The van der Waals surface area contributed by atoms with Crippen LogP contribution in [0.25, 0.3) is 0 Å². The van der Waals surface area contributed by atoms with Crippen LogP contribution >= 0.6 is 0 Å². The van der Waals surface area contributed by atoms with Crippen LogP contribution in [0.15, 0.2) is 14.4 Å². The number of rotatable bonds is 7. The summed E-state index contributed by atoms with van der Waals surface area (Å²) in [5.41, 5.74) is -1.76. The topological polar surface area (TPSA) is 66.0 Å². The minimum absolute atomic E-state index is 0.115. The molecule has 110 valence electrons. The molecule has 0 spiro atoms. The third-order valence-electron chi connectivity index (χ3n) is 3.11. The van der Waals surface area contributed by atoms with Crippen LogP contribution in [-0.4, -0.2) is 13.7 Å². The summed E-state index contributed by atoms with van der Waals surface area (Å²) < 4.78 is 3.17. The molecular formula is C14H21N3O3. The number of nitrogens with zero attached hydrogens (tertiary/aromatic N) is 3. The van der Waals surface area contributed by atoms with Gasteiger partial charge in [-0.2, -0.15) is 0 Å². The van der Waals surface area contributed by atoms with E-state index in [-0.39, 0.29) is 6.54 Å². The zero-order chi connectivity index (χ0) is 15.1. The fourth-order valence-electron chi connectivity index (χ4n) is 1.92. The Hall–Kier alpha value is -2.03. The summed E-state index contributed by atoms with van der Waals surface area (Å²) in [5.74, 6) is 2.29. The Morgan fingerprint density at radius 2 is 1.25 bits per heavy atom. The molecule has 1 aromatic rings. The number of unbranched alkanes of at least 4 members (excludes halogenated alkanes) is 2. The van der Waals surface area contributed by atoms with Crippen LogP contribution in [0.5, 0.6) is 0 Å². The van der Waals surface area contributed by atoms with Crippen molar-refractivity contribution in [2.75, 3.05) is 0 Å². The van der Waals surface area contributed by atoms with Gasteiger partial charge in [0.25, 0.3) is 0 Å². The maximum atomic E-state index is 12.2. The summed E-state index contributed by atoms with van der Waals surface area (Å²) in [5, 5.41) is 0. The average Bonchev–Trinajstić information content (AvgIpc) is 2.43. The van der Waals surface area contributed by atoms with Crippen molar-refractivity contribution in [1.29, 1.82) is 0 Å². The summed E-state index contributed by atoms with van der Waals surface area (Å²) in [6, 6.07) is 0. The van der Waals surface area contributed by atoms with E-state index in [1.165, 1.54) is 0 Å². The number of hydrogen-bond acceptors (Lipinski definition) is 3. The average molecular weight is 279 g/mol. The Bertz CT molecular complexity index is 612. The fourth-order valence-corrected chi connectivity index (χ4v) is 1.92. The Morgan fingerprint density at radius 1 is 0.850 bits per heavy atom. The van der Waals surface area contributed by atoms with Gasteiger partial charge in [-0.05, 0) is 12.8 Å². The first-order valence-electron chi connectivity index (χ1n) is 6.96. The van der Waals surface area contributed by atoms with E-state index in [2.05, 4.69) is 5.92 Å². The highest BCUT2D eigenvalue weighted by Gasteiger charge is 2.13. The molecule has 0 amide bonds. The minimum Gasteiger partial charge on any atom is -0.247 e. The van der Waals surface area contributed by atoms with E-state index >= 15 is 0 Å². The van der Waals surface area contributed by atoms with Gasteiger partial charge in [-0.3, -0.25) is 0 Å². The van der Waals surface area contributed by atoms with Crippen molar-refractivity contribution >= 4 is 0 Å². The smallest absolute Gasteiger partial charge is 0.247 e. The van der Waals surface area contributed by atoms with Crippen molar-refractivity contribution < 1.29 is 0 Å². The summed E-state index contributed by atoms with van der Waals surface area (Å²) >= 11 is 0.